The van der Waals surface area contributed by atoms with Crippen molar-refractivity contribution in [2.75, 3.05) is 6.54 Å². The minimum Gasteiger partial charge on any atom is -0.309 e. The van der Waals surface area contributed by atoms with Gasteiger partial charge in [0.25, 0.3) is 0 Å². The summed E-state index contributed by atoms with van der Waals surface area (Å²) in [5.74, 6) is 0. The van der Waals surface area contributed by atoms with Gasteiger partial charge in [-0.15, -0.1) is 11.3 Å². The number of rotatable bonds is 5. The van der Waals surface area contributed by atoms with Gasteiger partial charge >= 0.3 is 0 Å². The standard InChI is InChI=1S/C12H22N2S/c1-10(11-8-15-9-14-11)13-7-5-6-12(2,3)4/h8-10,13H,5-7H2,1-4H3. The van der Waals surface area contributed by atoms with E-state index in [4.69, 9.17) is 0 Å². The van der Waals surface area contributed by atoms with Crippen molar-refractivity contribution in [3.05, 3.63) is 16.6 Å². The van der Waals surface area contributed by atoms with Crippen molar-refractivity contribution < 1.29 is 0 Å². The molecule has 0 aliphatic carbocycles. The molecule has 0 bridgehead atoms. The molecule has 1 aromatic rings. The molecular weight excluding hydrogens is 204 g/mol. The van der Waals surface area contributed by atoms with Crippen molar-refractivity contribution in [3.8, 4) is 0 Å². The van der Waals surface area contributed by atoms with E-state index in [1.165, 1.54) is 12.8 Å². The van der Waals surface area contributed by atoms with E-state index in [1.807, 2.05) is 5.51 Å². The molecule has 1 atom stereocenters. The van der Waals surface area contributed by atoms with Gasteiger partial charge < -0.3 is 5.32 Å². The predicted octanol–water partition coefficient (Wildman–Crippen LogP) is 3.62. The zero-order valence-electron chi connectivity index (χ0n) is 10.2. The minimum absolute atomic E-state index is 0.385. The van der Waals surface area contributed by atoms with E-state index in [0.29, 0.717) is 11.5 Å². The Labute approximate surface area is 97.1 Å². The third-order valence-electron chi connectivity index (χ3n) is 2.45. The van der Waals surface area contributed by atoms with Crippen molar-refractivity contribution in [3.63, 3.8) is 0 Å². The molecule has 3 heteroatoms. The number of nitrogens with zero attached hydrogens (tertiary/aromatic N) is 1. The van der Waals surface area contributed by atoms with E-state index < -0.39 is 0 Å². The zero-order chi connectivity index (χ0) is 11.3. The molecule has 15 heavy (non-hydrogen) atoms. The first kappa shape index (κ1) is 12.7. The normalized spacial score (nSPS) is 14.1. The summed E-state index contributed by atoms with van der Waals surface area (Å²) in [6.45, 7) is 10.1. The third-order valence-corrected chi connectivity index (χ3v) is 3.05. The number of thiazole rings is 1. The fourth-order valence-corrected chi connectivity index (χ4v) is 2.13. The SMILES string of the molecule is CC(NCCCC(C)(C)C)c1cscn1. The third kappa shape index (κ3) is 5.28. The van der Waals surface area contributed by atoms with Gasteiger partial charge in [0, 0.05) is 11.4 Å². The Morgan fingerprint density at radius 3 is 2.73 bits per heavy atom. The van der Waals surface area contributed by atoms with Crippen LogP contribution in [0.3, 0.4) is 0 Å². The monoisotopic (exact) mass is 226 g/mol. The molecule has 0 radical (unpaired) electrons. The second-order valence-electron chi connectivity index (χ2n) is 5.25. The molecule has 0 aliphatic rings. The Hall–Kier alpha value is -0.410. The van der Waals surface area contributed by atoms with E-state index >= 15 is 0 Å². The van der Waals surface area contributed by atoms with Crippen LogP contribution in [0.15, 0.2) is 10.9 Å². The molecule has 0 saturated carbocycles. The van der Waals surface area contributed by atoms with E-state index in [2.05, 4.69) is 43.4 Å². The maximum atomic E-state index is 4.30. The Morgan fingerprint density at radius 1 is 1.47 bits per heavy atom. The lowest BCUT2D eigenvalue weighted by atomic mass is 9.90. The zero-order valence-corrected chi connectivity index (χ0v) is 11.0. The van der Waals surface area contributed by atoms with Crippen LogP contribution in [0.1, 0.15) is 52.3 Å². The second-order valence-corrected chi connectivity index (χ2v) is 5.97. The number of nitrogens with one attached hydrogen (secondary N) is 1. The number of hydrogen-bond donors (Lipinski definition) is 1. The van der Waals surface area contributed by atoms with E-state index in [1.54, 1.807) is 11.3 Å². The van der Waals surface area contributed by atoms with E-state index in [0.717, 1.165) is 12.2 Å². The first-order chi connectivity index (χ1) is 6.99. The van der Waals surface area contributed by atoms with Crippen LogP contribution in [-0.2, 0) is 0 Å². The summed E-state index contributed by atoms with van der Waals surface area (Å²) in [7, 11) is 0. The maximum absolute atomic E-state index is 4.30. The van der Waals surface area contributed by atoms with Crippen LogP contribution in [0.5, 0.6) is 0 Å². The Morgan fingerprint density at radius 2 is 2.20 bits per heavy atom. The highest BCUT2D eigenvalue weighted by Gasteiger charge is 2.10. The van der Waals surface area contributed by atoms with Gasteiger partial charge in [0.15, 0.2) is 0 Å². The van der Waals surface area contributed by atoms with Gasteiger partial charge in [-0.2, -0.15) is 0 Å². The highest BCUT2D eigenvalue weighted by atomic mass is 32.1. The summed E-state index contributed by atoms with van der Waals surface area (Å²) in [6.07, 6.45) is 2.50. The molecular formula is C12H22N2S. The molecule has 1 aromatic heterocycles. The highest BCUT2D eigenvalue weighted by molar-refractivity contribution is 7.07. The van der Waals surface area contributed by atoms with Crippen molar-refractivity contribution in [1.29, 1.82) is 0 Å². The van der Waals surface area contributed by atoms with Gasteiger partial charge in [0.1, 0.15) is 0 Å². The molecule has 1 unspecified atom stereocenters. The van der Waals surface area contributed by atoms with Crippen LogP contribution in [0.2, 0.25) is 0 Å². The van der Waals surface area contributed by atoms with Gasteiger partial charge in [0.05, 0.1) is 11.2 Å². The Bertz CT molecular complexity index is 262. The molecule has 0 aliphatic heterocycles. The molecule has 2 nitrogen and oxygen atoms in total. The molecule has 1 heterocycles. The summed E-state index contributed by atoms with van der Waals surface area (Å²) in [4.78, 5) is 4.30. The quantitative estimate of drug-likeness (QED) is 0.776. The minimum atomic E-state index is 0.385. The average molecular weight is 226 g/mol. The molecule has 0 aromatic carbocycles. The largest absolute Gasteiger partial charge is 0.309 e. The molecule has 0 saturated heterocycles. The van der Waals surface area contributed by atoms with Gasteiger partial charge in [0.2, 0.25) is 0 Å². The van der Waals surface area contributed by atoms with Gasteiger partial charge in [-0.1, -0.05) is 20.8 Å². The second kappa shape index (κ2) is 5.61. The molecule has 0 spiro atoms. The van der Waals surface area contributed by atoms with Crippen LogP contribution < -0.4 is 5.32 Å². The average Bonchev–Trinajstić information content (AvgIpc) is 2.63. The summed E-state index contributed by atoms with van der Waals surface area (Å²) < 4.78 is 0. The fourth-order valence-electron chi connectivity index (χ4n) is 1.48. The summed E-state index contributed by atoms with van der Waals surface area (Å²) in [6, 6.07) is 0.385. The first-order valence-electron chi connectivity index (χ1n) is 5.60. The summed E-state index contributed by atoms with van der Waals surface area (Å²) in [5, 5.41) is 5.61. The fraction of sp³-hybridized carbons (Fsp3) is 0.750. The van der Waals surface area contributed by atoms with Gasteiger partial charge in [-0.25, -0.2) is 4.98 Å². The van der Waals surface area contributed by atoms with Crippen LogP contribution in [0, 0.1) is 5.41 Å². The van der Waals surface area contributed by atoms with E-state index in [-0.39, 0.29) is 0 Å². The lowest BCUT2D eigenvalue weighted by molar-refractivity contribution is 0.356. The van der Waals surface area contributed by atoms with E-state index in [9.17, 15) is 0 Å². The Balaban J connectivity index is 2.16. The van der Waals surface area contributed by atoms with Crippen molar-refractivity contribution in [2.45, 2.75) is 46.6 Å². The molecule has 1 rings (SSSR count). The predicted molar refractivity (Wildman–Crippen MR) is 67.2 cm³/mol. The molecule has 86 valence electrons. The molecule has 0 fully saturated rings. The lowest BCUT2D eigenvalue weighted by Gasteiger charge is -2.18. The van der Waals surface area contributed by atoms with Crippen LogP contribution >= 0.6 is 11.3 Å². The van der Waals surface area contributed by atoms with Crippen molar-refractivity contribution >= 4 is 11.3 Å². The van der Waals surface area contributed by atoms with Crippen LogP contribution in [-0.4, -0.2) is 11.5 Å². The number of hydrogen-bond acceptors (Lipinski definition) is 3. The summed E-state index contributed by atoms with van der Waals surface area (Å²) >= 11 is 1.66. The van der Waals surface area contributed by atoms with Crippen molar-refractivity contribution in [1.82, 2.24) is 10.3 Å². The van der Waals surface area contributed by atoms with Crippen LogP contribution in [0.4, 0.5) is 0 Å². The molecule has 1 N–H and O–H groups in total. The van der Waals surface area contributed by atoms with Gasteiger partial charge in [-0.05, 0) is 31.7 Å². The highest BCUT2D eigenvalue weighted by Crippen LogP contribution is 2.20. The number of aromatic nitrogens is 1. The van der Waals surface area contributed by atoms with Crippen molar-refractivity contribution in [2.24, 2.45) is 5.41 Å². The maximum Gasteiger partial charge on any atom is 0.0795 e. The van der Waals surface area contributed by atoms with Gasteiger partial charge in [-0.3, -0.25) is 0 Å². The summed E-state index contributed by atoms with van der Waals surface area (Å²) in [5.41, 5.74) is 3.50. The smallest absolute Gasteiger partial charge is 0.0795 e. The first-order valence-corrected chi connectivity index (χ1v) is 6.55. The Kier molecular flexibility index (Phi) is 4.74. The molecule has 0 amide bonds. The van der Waals surface area contributed by atoms with Crippen LogP contribution in [0.25, 0.3) is 0 Å². The topological polar surface area (TPSA) is 24.9 Å². The lowest BCUT2D eigenvalue weighted by Crippen LogP contribution is -2.21.